The standard InChI is InChI=1S/C18H19N7O2/c26-17(22-14-4-1-5-15(11-14)25-10-8-21-23-25)18(27)24-9-2-3-13(12-24)16-19-6-7-20-16/h1,4-8,10-11,13H,2-3,9,12H2,(H,19,20)(H,22,26). The van der Waals surface area contributed by atoms with Crippen LogP contribution in [0, 0.1) is 0 Å². The Morgan fingerprint density at radius 3 is 2.96 bits per heavy atom. The fourth-order valence-corrected chi connectivity index (χ4v) is 3.29. The van der Waals surface area contributed by atoms with E-state index >= 15 is 0 Å². The molecule has 0 saturated carbocycles. The van der Waals surface area contributed by atoms with Gasteiger partial charge in [0.1, 0.15) is 5.82 Å². The van der Waals surface area contributed by atoms with Gasteiger partial charge in [0.2, 0.25) is 0 Å². The van der Waals surface area contributed by atoms with E-state index in [1.54, 1.807) is 52.6 Å². The number of imidazole rings is 1. The number of anilines is 1. The fourth-order valence-electron chi connectivity index (χ4n) is 3.29. The van der Waals surface area contributed by atoms with Gasteiger partial charge in [0, 0.05) is 37.1 Å². The van der Waals surface area contributed by atoms with Crippen molar-refractivity contribution >= 4 is 17.5 Å². The van der Waals surface area contributed by atoms with Crippen molar-refractivity contribution in [2.24, 2.45) is 0 Å². The number of carbonyl (C=O) groups is 2. The summed E-state index contributed by atoms with van der Waals surface area (Å²) in [6.07, 6.45) is 8.52. The molecule has 0 radical (unpaired) electrons. The molecular formula is C18H19N7O2. The second-order valence-corrected chi connectivity index (χ2v) is 6.42. The number of piperidine rings is 1. The van der Waals surface area contributed by atoms with Gasteiger partial charge < -0.3 is 15.2 Å². The minimum atomic E-state index is -0.647. The van der Waals surface area contributed by atoms with Gasteiger partial charge in [-0.15, -0.1) is 5.10 Å². The topological polar surface area (TPSA) is 109 Å². The largest absolute Gasteiger partial charge is 0.348 e. The van der Waals surface area contributed by atoms with Gasteiger partial charge >= 0.3 is 11.8 Å². The first-order valence-corrected chi connectivity index (χ1v) is 8.77. The Morgan fingerprint density at radius 2 is 2.19 bits per heavy atom. The normalized spacial score (nSPS) is 16.9. The van der Waals surface area contributed by atoms with Crippen molar-refractivity contribution in [2.45, 2.75) is 18.8 Å². The Hall–Kier alpha value is -3.49. The van der Waals surface area contributed by atoms with Gasteiger partial charge in [-0.05, 0) is 31.0 Å². The maximum absolute atomic E-state index is 12.6. The molecule has 0 spiro atoms. The number of H-pyrrole nitrogens is 1. The molecular weight excluding hydrogens is 346 g/mol. The molecule has 9 heteroatoms. The summed E-state index contributed by atoms with van der Waals surface area (Å²) >= 11 is 0. The number of nitrogens with zero attached hydrogens (tertiary/aromatic N) is 5. The number of nitrogens with one attached hydrogen (secondary N) is 2. The molecule has 1 fully saturated rings. The third-order valence-electron chi connectivity index (χ3n) is 4.60. The van der Waals surface area contributed by atoms with Crippen molar-refractivity contribution in [3.8, 4) is 5.69 Å². The summed E-state index contributed by atoms with van der Waals surface area (Å²) in [5, 5.41) is 10.4. The zero-order valence-electron chi connectivity index (χ0n) is 14.6. The van der Waals surface area contributed by atoms with Gasteiger partial charge in [-0.25, -0.2) is 9.67 Å². The molecule has 1 aliphatic rings. The van der Waals surface area contributed by atoms with E-state index in [0.717, 1.165) is 24.4 Å². The lowest BCUT2D eigenvalue weighted by molar-refractivity contribution is -0.144. The molecule has 1 unspecified atom stereocenters. The van der Waals surface area contributed by atoms with Crippen LogP contribution < -0.4 is 5.32 Å². The molecule has 3 heterocycles. The van der Waals surface area contributed by atoms with E-state index in [-0.39, 0.29) is 5.92 Å². The number of carbonyl (C=O) groups excluding carboxylic acids is 2. The summed E-state index contributed by atoms with van der Waals surface area (Å²) in [5.41, 5.74) is 1.27. The highest BCUT2D eigenvalue weighted by Gasteiger charge is 2.29. The van der Waals surface area contributed by atoms with Gasteiger partial charge in [-0.1, -0.05) is 11.3 Å². The van der Waals surface area contributed by atoms with E-state index in [9.17, 15) is 9.59 Å². The quantitative estimate of drug-likeness (QED) is 0.681. The molecule has 2 aromatic heterocycles. The Kier molecular flexibility index (Phi) is 4.65. The molecule has 27 heavy (non-hydrogen) atoms. The first-order chi connectivity index (χ1) is 13.2. The summed E-state index contributed by atoms with van der Waals surface area (Å²) in [6.45, 7) is 1.06. The maximum atomic E-state index is 12.6. The molecule has 1 atom stereocenters. The molecule has 1 aliphatic heterocycles. The van der Waals surface area contributed by atoms with Crippen LogP contribution in [0.2, 0.25) is 0 Å². The van der Waals surface area contributed by atoms with Gasteiger partial charge in [0.15, 0.2) is 0 Å². The van der Waals surface area contributed by atoms with Crippen LogP contribution in [0.4, 0.5) is 5.69 Å². The number of likely N-dealkylation sites (tertiary alicyclic amines) is 1. The zero-order chi connectivity index (χ0) is 18.6. The smallest absolute Gasteiger partial charge is 0.313 e. The van der Waals surface area contributed by atoms with Crippen molar-refractivity contribution in [3.63, 3.8) is 0 Å². The summed E-state index contributed by atoms with van der Waals surface area (Å²) in [4.78, 5) is 34.0. The van der Waals surface area contributed by atoms with Crippen molar-refractivity contribution in [3.05, 3.63) is 54.9 Å². The maximum Gasteiger partial charge on any atom is 0.313 e. The Labute approximate surface area is 155 Å². The number of benzene rings is 1. The van der Waals surface area contributed by atoms with Gasteiger partial charge in [-0.3, -0.25) is 9.59 Å². The lowest BCUT2D eigenvalue weighted by atomic mass is 9.97. The summed E-state index contributed by atoms with van der Waals surface area (Å²) in [5.74, 6) is -0.196. The SMILES string of the molecule is O=C(Nc1cccc(-n2ccnn2)c1)C(=O)N1CCCC(c2ncc[nH]2)C1. The second-order valence-electron chi connectivity index (χ2n) is 6.42. The Bertz CT molecular complexity index is 921. The minimum absolute atomic E-state index is 0.126. The van der Waals surface area contributed by atoms with E-state index in [1.807, 2.05) is 6.07 Å². The molecule has 1 saturated heterocycles. The molecule has 4 rings (SSSR count). The van der Waals surface area contributed by atoms with Crippen LogP contribution in [0.5, 0.6) is 0 Å². The molecule has 1 aromatic carbocycles. The molecule has 0 bridgehead atoms. The molecule has 2 N–H and O–H groups in total. The predicted octanol–water partition coefficient (Wildman–Crippen LogP) is 1.34. The Morgan fingerprint density at radius 1 is 1.26 bits per heavy atom. The first kappa shape index (κ1) is 17.0. The van der Waals surface area contributed by atoms with Gasteiger partial charge in [-0.2, -0.15) is 0 Å². The van der Waals surface area contributed by atoms with Crippen LogP contribution >= 0.6 is 0 Å². The molecule has 0 aliphatic carbocycles. The summed E-state index contributed by atoms with van der Waals surface area (Å²) in [7, 11) is 0. The third-order valence-corrected chi connectivity index (χ3v) is 4.60. The average molecular weight is 365 g/mol. The number of hydrogen-bond donors (Lipinski definition) is 2. The number of aromatic amines is 1. The van der Waals surface area contributed by atoms with E-state index in [1.165, 1.54) is 0 Å². The van der Waals surface area contributed by atoms with E-state index in [0.29, 0.717) is 18.8 Å². The van der Waals surface area contributed by atoms with Crippen molar-refractivity contribution < 1.29 is 9.59 Å². The van der Waals surface area contributed by atoms with Crippen LogP contribution in [-0.2, 0) is 9.59 Å². The van der Waals surface area contributed by atoms with Gasteiger partial charge in [0.05, 0.1) is 18.1 Å². The number of amides is 2. The van der Waals surface area contributed by atoms with E-state index < -0.39 is 11.8 Å². The van der Waals surface area contributed by atoms with Crippen LogP contribution in [0.15, 0.2) is 49.1 Å². The second kappa shape index (κ2) is 7.40. The van der Waals surface area contributed by atoms with Crippen LogP contribution in [-0.4, -0.2) is 54.8 Å². The van der Waals surface area contributed by atoms with Gasteiger partial charge in [0.25, 0.3) is 0 Å². The van der Waals surface area contributed by atoms with Crippen molar-refractivity contribution in [1.29, 1.82) is 0 Å². The number of rotatable bonds is 3. The van der Waals surface area contributed by atoms with Crippen LogP contribution in [0.25, 0.3) is 5.69 Å². The van der Waals surface area contributed by atoms with E-state index in [2.05, 4.69) is 25.6 Å². The predicted molar refractivity (Wildman–Crippen MR) is 97.1 cm³/mol. The minimum Gasteiger partial charge on any atom is -0.348 e. The highest BCUT2D eigenvalue weighted by Crippen LogP contribution is 2.24. The van der Waals surface area contributed by atoms with E-state index in [4.69, 9.17) is 0 Å². The highest BCUT2D eigenvalue weighted by atomic mass is 16.2. The number of hydrogen-bond acceptors (Lipinski definition) is 5. The molecule has 138 valence electrons. The first-order valence-electron chi connectivity index (χ1n) is 8.77. The number of aromatic nitrogens is 5. The molecule has 9 nitrogen and oxygen atoms in total. The van der Waals surface area contributed by atoms with Crippen LogP contribution in [0.3, 0.4) is 0 Å². The zero-order valence-corrected chi connectivity index (χ0v) is 14.6. The van der Waals surface area contributed by atoms with Crippen molar-refractivity contribution in [2.75, 3.05) is 18.4 Å². The summed E-state index contributed by atoms with van der Waals surface area (Å²) in [6, 6.07) is 7.09. The Balaban J connectivity index is 1.42. The monoisotopic (exact) mass is 365 g/mol. The molecule has 2 amide bonds. The average Bonchev–Trinajstić information content (AvgIpc) is 3.41. The lowest BCUT2D eigenvalue weighted by Crippen LogP contribution is -2.44. The fraction of sp³-hybridized carbons (Fsp3) is 0.278. The third kappa shape index (κ3) is 3.71. The van der Waals surface area contributed by atoms with Crippen LogP contribution in [0.1, 0.15) is 24.6 Å². The highest BCUT2D eigenvalue weighted by molar-refractivity contribution is 6.39. The summed E-state index contributed by atoms with van der Waals surface area (Å²) < 4.78 is 1.58. The van der Waals surface area contributed by atoms with Crippen molar-refractivity contribution in [1.82, 2.24) is 29.9 Å². The molecule has 3 aromatic rings. The lowest BCUT2D eigenvalue weighted by Gasteiger charge is -2.31.